The lowest BCUT2D eigenvalue weighted by molar-refractivity contribution is -0.127. The third-order valence-electron chi connectivity index (χ3n) is 6.47. The van der Waals surface area contributed by atoms with Crippen molar-refractivity contribution in [1.82, 2.24) is 10.6 Å². The zero-order chi connectivity index (χ0) is 21.3. The fourth-order valence-electron chi connectivity index (χ4n) is 4.85. The average Bonchev–Trinajstić information content (AvgIpc) is 3.24. The Hall–Kier alpha value is -1.37. The van der Waals surface area contributed by atoms with Gasteiger partial charge in [0, 0.05) is 30.5 Å². The van der Waals surface area contributed by atoms with Gasteiger partial charge in [-0.1, -0.05) is 43.0 Å². The van der Waals surface area contributed by atoms with Crippen LogP contribution in [0.1, 0.15) is 64.0 Å². The number of carbonyl (C=O) groups is 2. The molecular formula is C21H28Cl2FN3O2. The van der Waals surface area contributed by atoms with Crippen LogP contribution in [0.3, 0.4) is 0 Å². The Labute approximate surface area is 180 Å². The van der Waals surface area contributed by atoms with E-state index >= 15 is 0 Å². The van der Waals surface area contributed by atoms with E-state index < -0.39 is 11.9 Å². The van der Waals surface area contributed by atoms with Crippen LogP contribution in [0.4, 0.5) is 4.39 Å². The molecule has 2 fully saturated rings. The van der Waals surface area contributed by atoms with Crippen molar-refractivity contribution in [2.45, 2.75) is 70.5 Å². The Kier molecular flexibility index (Phi) is 6.76. The number of hydrogen-bond donors (Lipinski definition) is 3. The summed E-state index contributed by atoms with van der Waals surface area (Å²) in [5.74, 6) is -1.19. The molecule has 29 heavy (non-hydrogen) atoms. The molecule has 0 aromatic heterocycles. The van der Waals surface area contributed by atoms with E-state index in [9.17, 15) is 14.0 Å². The van der Waals surface area contributed by atoms with E-state index in [1.807, 2.05) is 0 Å². The molecule has 3 unspecified atom stereocenters. The minimum Gasteiger partial charge on any atom is -0.352 e. The molecule has 0 radical (unpaired) electrons. The van der Waals surface area contributed by atoms with Gasteiger partial charge in [-0.15, -0.1) is 0 Å². The van der Waals surface area contributed by atoms with Gasteiger partial charge in [0.2, 0.25) is 11.8 Å². The molecule has 4 N–H and O–H groups in total. The van der Waals surface area contributed by atoms with Crippen LogP contribution < -0.4 is 16.4 Å². The molecule has 3 rings (SSSR count). The van der Waals surface area contributed by atoms with E-state index in [-0.39, 0.29) is 50.8 Å². The molecule has 5 nitrogen and oxygen atoms in total. The zero-order valence-electron chi connectivity index (χ0n) is 16.7. The van der Waals surface area contributed by atoms with Gasteiger partial charge in [-0.3, -0.25) is 9.59 Å². The molecule has 4 atom stereocenters. The van der Waals surface area contributed by atoms with E-state index in [1.165, 1.54) is 19.1 Å². The summed E-state index contributed by atoms with van der Waals surface area (Å²) in [5.41, 5.74) is 6.05. The Morgan fingerprint density at radius 1 is 1.24 bits per heavy atom. The molecule has 160 valence electrons. The van der Waals surface area contributed by atoms with Crippen molar-refractivity contribution in [3.8, 4) is 0 Å². The second-order valence-corrected chi connectivity index (χ2v) is 9.48. The third-order valence-corrected chi connectivity index (χ3v) is 7.29. The van der Waals surface area contributed by atoms with E-state index in [0.29, 0.717) is 12.8 Å². The molecule has 1 aromatic carbocycles. The molecular weight excluding hydrogens is 416 g/mol. The summed E-state index contributed by atoms with van der Waals surface area (Å²) in [6.07, 6.45) is 4.68. The van der Waals surface area contributed by atoms with Crippen LogP contribution in [0.15, 0.2) is 12.1 Å². The van der Waals surface area contributed by atoms with Gasteiger partial charge in [-0.25, -0.2) is 4.39 Å². The molecule has 1 aromatic rings. The summed E-state index contributed by atoms with van der Waals surface area (Å²) in [6, 6.07) is 1.60. The largest absolute Gasteiger partial charge is 0.352 e. The standard InChI is InChI=1S/C21H28Cl2FN3O2/c1-11(28)26-16-10-12(9-15(16)25)20(29)27-19(21(2)7-3-4-8-21)17-14(24)6-5-13(22)18(17)23/h5-6,12,15-16,19H,3-4,7-10,25H2,1-2H3,(H,26,28)(H,27,29)/t12?,15?,16?,19-/m1/s1. The van der Waals surface area contributed by atoms with E-state index in [4.69, 9.17) is 28.9 Å². The highest BCUT2D eigenvalue weighted by Crippen LogP contribution is 2.50. The Balaban J connectivity index is 1.86. The van der Waals surface area contributed by atoms with Gasteiger partial charge >= 0.3 is 0 Å². The van der Waals surface area contributed by atoms with Gasteiger partial charge < -0.3 is 16.4 Å². The summed E-state index contributed by atoms with van der Waals surface area (Å²) in [4.78, 5) is 24.5. The van der Waals surface area contributed by atoms with Crippen LogP contribution >= 0.6 is 23.2 Å². The van der Waals surface area contributed by atoms with Crippen molar-refractivity contribution in [2.24, 2.45) is 17.1 Å². The second-order valence-electron chi connectivity index (χ2n) is 8.70. The van der Waals surface area contributed by atoms with Gasteiger partial charge in [-0.2, -0.15) is 0 Å². The summed E-state index contributed by atoms with van der Waals surface area (Å²) in [5, 5.41) is 6.28. The predicted octanol–water partition coefficient (Wildman–Crippen LogP) is 4.11. The highest BCUT2D eigenvalue weighted by molar-refractivity contribution is 6.42. The van der Waals surface area contributed by atoms with E-state index in [2.05, 4.69) is 17.6 Å². The lowest BCUT2D eigenvalue weighted by Crippen LogP contribution is -2.43. The number of hydrogen-bond acceptors (Lipinski definition) is 3. The molecule has 0 heterocycles. The summed E-state index contributed by atoms with van der Waals surface area (Å²) in [6.45, 7) is 3.49. The molecule has 2 amide bonds. The topological polar surface area (TPSA) is 84.2 Å². The summed E-state index contributed by atoms with van der Waals surface area (Å²) in [7, 11) is 0. The van der Waals surface area contributed by atoms with Crippen LogP contribution in [-0.4, -0.2) is 23.9 Å². The lowest BCUT2D eigenvalue weighted by atomic mass is 9.76. The summed E-state index contributed by atoms with van der Waals surface area (Å²) >= 11 is 12.6. The van der Waals surface area contributed by atoms with Crippen molar-refractivity contribution in [2.75, 3.05) is 0 Å². The van der Waals surface area contributed by atoms with Crippen molar-refractivity contribution < 1.29 is 14.0 Å². The van der Waals surface area contributed by atoms with Gasteiger partial charge in [0.15, 0.2) is 0 Å². The predicted molar refractivity (Wildman–Crippen MR) is 112 cm³/mol. The maximum absolute atomic E-state index is 14.8. The number of benzene rings is 1. The normalized spacial score (nSPS) is 26.9. The highest BCUT2D eigenvalue weighted by Gasteiger charge is 2.43. The lowest BCUT2D eigenvalue weighted by Gasteiger charge is -2.36. The maximum Gasteiger partial charge on any atom is 0.223 e. The Morgan fingerprint density at radius 3 is 2.52 bits per heavy atom. The van der Waals surface area contributed by atoms with Gasteiger partial charge in [0.1, 0.15) is 5.82 Å². The van der Waals surface area contributed by atoms with Crippen molar-refractivity contribution in [3.63, 3.8) is 0 Å². The molecule has 0 bridgehead atoms. The zero-order valence-corrected chi connectivity index (χ0v) is 18.2. The number of rotatable bonds is 5. The smallest absolute Gasteiger partial charge is 0.223 e. The first-order valence-electron chi connectivity index (χ1n) is 10.1. The Morgan fingerprint density at radius 2 is 1.90 bits per heavy atom. The van der Waals surface area contributed by atoms with E-state index in [1.54, 1.807) is 0 Å². The third kappa shape index (κ3) is 4.70. The fourth-order valence-corrected chi connectivity index (χ4v) is 5.27. The molecule has 0 saturated heterocycles. The quantitative estimate of drug-likeness (QED) is 0.598. The molecule has 2 saturated carbocycles. The van der Waals surface area contributed by atoms with Crippen LogP contribution in [-0.2, 0) is 9.59 Å². The first-order valence-corrected chi connectivity index (χ1v) is 10.8. The first-order chi connectivity index (χ1) is 13.6. The first kappa shape index (κ1) is 22.3. The van der Waals surface area contributed by atoms with Crippen LogP contribution in [0.5, 0.6) is 0 Å². The van der Waals surface area contributed by atoms with Crippen molar-refractivity contribution in [3.05, 3.63) is 33.6 Å². The average molecular weight is 444 g/mol. The van der Waals surface area contributed by atoms with Crippen LogP contribution in [0, 0.1) is 17.2 Å². The van der Waals surface area contributed by atoms with E-state index in [0.717, 1.165) is 25.7 Å². The van der Waals surface area contributed by atoms with Crippen LogP contribution in [0.2, 0.25) is 10.0 Å². The minimum absolute atomic E-state index is 0.143. The minimum atomic E-state index is -0.584. The number of amides is 2. The fraction of sp³-hybridized carbons (Fsp3) is 0.619. The highest BCUT2D eigenvalue weighted by atomic mass is 35.5. The molecule has 0 aliphatic heterocycles. The van der Waals surface area contributed by atoms with Gasteiger partial charge in [0.25, 0.3) is 0 Å². The Bertz CT molecular complexity index is 798. The molecule has 2 aliphatic carbocycles. The van der Waals surface area contributed by atoms with Gasteiger partial charge in [0.05, 0.1) is 16.1 Å². The summed E-state index contributed by atoms with van der Waals surface area (Å²) < 4.78 is 14.8. The molecule has 8 heteroatoms. The molecule has 2 aliphatic rings. The number of nitrogens with one attached hydrogen (secondary N) is 2. The SMILES string of the molecule is CC(=O)NC1CC(C(=O)N[C@H](c2c(F)ccc(Cl)c2Cl)C2(C)CCCC2)CC1N. The monoisotopic (exact) mass is 443 g/mol. The van der Waals surface area contributed by atoms with Crippen LogP contribution in [0.25, 0.3) is 0 Å². The van der Waals surface area contributed by atoms with Crippen molar-refractivity contribution in [1.29, 1.82) is 0 Å². The number of nitrogens with two attached hydrogens (primary N) is 1. The number of halogens is 3. The van der Waals surface area contributed by atoms with Gasteiger partial charge in [-0.05, 0) is 43.2 Å². The number of carbonyl (C=O) groups excluding carboxylic acids is 2. The van der Waals surface area contributed by atoms with Crippen molar-refractivity contribution >= 4 is 35.0 Å². The second kappa shape index (κ2) is 8.78. The molecule has 0 spiro atoms. The maximum atomic E-state index is 14.8.